The van der Waals surface area contributed by atoms with Crippen molar-refractivity contribution in [3.63, 3.8) is 0 Å². The number of benzene rings is 1. The second-order valence-electron chi connectivity index (χ2n) is 7.30. The molecule has 0 bridgehead atoms. The lowest BCUT2D eigenvalue weighted by molar-refractivity contribution is 0.0534. The van der Waals surface area contributed by atoms with Crippen molar-refractivity contribution >= 4 is 15.9 Å². The van der Waals surface area contributed by atoms with E-state index in [4.69, 9.17) is 14.4 Å². The summed E-state index contributed by atoms with van der Waals surface area (Å²) in [7, 11) is 0. The summed E-state index contributed by atoms with van der Waals surface area (Å²) in [6.45, 7) is 5.91. The molecule has 0 aliphatic heterocycles. The zero-order valence-corrected chi connectivity index (χ0v) is 18.2. The van der Waals surface area contributed by atoms with E-state index in [0.29, 0.717) is 27.9 Å². The largest absolute Gasteiger partial charge is 0.490 e. The summed E-state index contributed by atoms with van der Waals surface area (Å²) in [5.74, 6) is 1.96. The first kappa shape index (κ1) is 21.4. The fourth-order valence-corrected chi connectivity index (χ4v) is 3.33. The van der Waals surface area contributed by atoms with Crippen molar-refractivity contribution in [2.45, 2.75) is 33.3 Å². The van der Waals surface area contributed by atoms with Crippen LogP contribution in [0.4, 0.5) is 0 Å². The number of hydrogen-bond acceptors (Lipinski definition) is 7. The predicted octanol–water partition coefficient (Wildman–Crippen LogP) is 3.80. The lowest BCUT2D eigenvalue weighted by atomic mass is 10.1. The number of halogens is 1. The Morgan fingerprint density at radius 2 is 1.93 bits per heavy atom. The highest BCUT2D eigenvalue weighted by Gasteiger charge is 2.15. The molecule has 29 heavy (non-hydrogen) atoms. The second-order valence-corrected chi connectivity index (χ2v) is 8.16. The van der Waals surface area contributed by atoms with Crippen LogP contribution in [0, 0.1) is 12.8 Å². The molecule has 0 saturated heterocycles. The standard InChI is InChI=1S/C21H24BrN3O4/c1-12(2)6-16-8-15(7-13(3)23-16)21-24-20(25-29-21)14-4-5-19(18(22)9-14)28-11-17(27)10-26/h4-5,7-9,12,17,26-27H,6,10-11H2,1-3H3. The van der Waals surface area contributed by atoms with Crippen molar-refractivity contribution in [3.8, 4) is 28.6 Å². The highest BCUT2D eigenvalue weighted by molar-refractivity contribution is 9.10. The minimum absolute atomic E-state index is 0.000902. The van der Waals surface area contributed by atoms with Gasteiger partial charge in [0.15, 0.2) is 0 Å². The van der Waals surface area contributed by atoms with Gasteiger partial charge in [-0.2, -0.15) is 4.98 Å². The van der Waals surface area contributed by atoms with Gasteiger partial charge in [-0.3, -0.25) is 4.98 Å². The quantitative estimate of drug-likeness (QED) is 0.525. The molecule has 1 atom stereocenters. The molecule has 1 unspecified atom stereocenters. The van der Waals surface area contributed by atoms with Crippen molar-refractivity contribution < 1.29 is 19.5 Å². The van der Waals surface area contributed by atoms with Gasteiger partial charge >= 0.3 is 0 Å². The number of ether oxygens (including phenoxy) is 1. The van der Waals surface area contributed by atoms with Crippen LogP contribution >= 0.6 is 15.9 Å². The average molecular weight is 462 g/mol. The van der Waals surface area contributed by atoms with E-state index in [1.165, 1.54) is 0 Å². The van der Waals surface area contributed by atoms with Crippen LogP contribution in [0.15, 0.2) is 39.3 Å². The number of aliphatic hydroxyl groups excluding tert-OH is 2. The van der Waals surface area contributed by atoms with Gasteiger partial charge in [0.05, 0.1) is 11.1 Å². The molecule has 0 fully saturated rings. The monoisotopic (exact) mass is 461 g/mol. The second kappa shape index (κ2) is 9.47. The maximum absolute atomic E-state index is 9.41. The molecule has 0 aliphatic carbocycles. The van der Waals surface area contributed by atoms with Gasteiger partial charge in [-0.15, -0.1) is 0 Å². The predicted molar refractivity (Wildman–Crippen MR) is 113 cm³/mol. The van der Waals surface area contributed by atoms with E-state index in [9.17, 15) is 5.11 Å². The first-order valence-corrected chi connectivity index (χ1v) is 10.2. The van der Waals surface area contributed by atoms with Crippen molar-refractivity contribution in [1.29, 1.82) is 0 Å². The fraction of sp³-hybridized carbons (Fsp3) is 0.381. The van der Waals surface area contributed by atoms with Crippen LogP contribution in [0.25, 0.3) is 22.8 Å². The summed E-state index contributed by atoms with van der Waals surface area (Å²) in [4.78, 5) is 9.11. The molecule has 0 amide bonds. The lowest BCUT2D eigenvalue weighted by Gasteiger charge is -2.11. The zero-order valence-electron chi connectivity index (χ0n) is 16.6. The summed E-state index contributed by atoms with van der Waals surface area (Å²) in [6.07, 6.45) is -0.0412. The minimum Gasteiger partial charge on any atom is -0.490 e. The first-order valence-electron chi connectivity index (χ1n) is 9.39. The van der Waals surface area contributed by atoms with Crippen molar-refractivity contribution in [2.75, 3.05) is 13.2 Å². The van der Waals surface area contributed by atoms with Crippen LogP contribution in [0.5, 0.6) is 5.75 Å². The van der Waals surface area contributed by atoms with E-state index in [1.807, 2.05) is 31.2 Å². The summed E-state index contributed by atoms with van der Waals surface area (Å²) in [5, 5.41) is 22.4. The number of aryl methyl sites for hydroxylation is 1. The Hall–Kier alpha value is -2.29. The van der Waals surface area contributed by atoms with Gasteiger partial charge in [-0.05, 0) is 65.5 Å². The van der Waals surface area contributed by atoms with Crippen LogP contribution in [-0.4, -0.2) is 44.7 Å². The molecule has 1 aromatic carbocycles. The third-order valence-electron chi connectivity index (χ3n) is 4.13. The Kier molecular flexibility index (Phi) is 7.00. The van der Waals surface area contributed by atoms with Crippen LogP contribution in [0.3, 0.4) is 0 Å². The molecule has 3 rings (SSSR count). The van der Waals surface area contributed by atoms with Crippen molar-refractivity contribution in [1.82, 2.24) is 15.1 Å². The summed E-state index contributed by atoms with van der Waals surface area (Å²) in [5.41, 5.74) is 3.52. The Morgan fingerprint density at radius 1 is 1.14 bits per heavy atom. The van der Waals surface area contributed by atoms with E-state index in [2.05, 4.69) is 44.9 Å². The molecule has 0 radical (unpaired) electrons. The third kappa shape index (κ3) is 5.62. The average Bonchev–Trinajstić information content (AvgIpc) is 3.16. The number of nitrogens with zero attached hydrogens (tertiary/aromatic N) is 3. The molecule has 0 saturated carbocycles. The van der Waals surface area contributed by atoms with Gasteiger partial charge in [0.1, 0.15) is 18.5 Å². The van der Waals surface area contributed by atoms with E-state index in [1.54, 1.807) is 6.07 Å². The fourth-order valence-electron chi connectivity index (χ4n) is 2.84. The Labute approximate surface area is 177 Å². The van der Waals surface area contributed by atoms with Gasteiger partial charge in [0, 0.05) is 22.5 Å². The highest BCUT2D eigenvalue weighted by atomic mass is 79.9. The summed E-state index contributed by atoms with van der Waals surface area (Å²) >= 11 is 3.45. The molecule has 3 aromatic rings. The van der Waals surface area contributed by atoms with E-state index >= 15 is 0 Å². The topological polar surface area (TPSA) is 102 Å². The molecule has 8 heteroatoms. The first-order chi connectivity index (χ1) is 13.9. The molecule has 2 N–H and O–H groups in total. The maximum Gasteiger partial charge on any atom is 0.258 e. The number of aliphatic hydroxyl groups is 2. The Morgan fingerprint density at radius 3 is 2.62 bits per heavy atom. The highest BCUT2D eigenvalue weighted by Crippen LogP contribution is 2.31. The third-order valence-corrected chi connectivity index (χ3v) is 4.75. The van der Waals surface area contributed by atoms with Crippen molar-refractivity contribution in [3.05, 3.63) is 46.2 Å². The smallest absolute Gasteiger partial charge is 0.258 e. The maximum atomic E-state index is 9.41. The molecular weight excluding hydrogens is 438 g/mol. The van der Waals surface area contributed by atoms with Crippen LogP contribution in [0.2, 0.25) is 0 Å². The molecule has 2 heterocycles. The summed E-state index contributed by atoms with van der Waals surface area (Å²) < 4.78 is 11.7. The normalized spacial score (nSPS) is 12.4. The van der Waals surface area contributed by atoms with Gasteiger partial charge in [0.25, 0.3) is 5.89 Å². The molecule has 0 aliphatic rings. The van der Waals surface area contributed by atoms with Gasteiger partial charge in [-0.1, -0.05) is 19.0 Å². The van der Waals surface area contributed by atoms with E-state index < -0.39 is 6.10 Å². The van der Waals surface area contributed by atoms with Crippen LogP contribution in [0.1, 0.15) is 25.2 Å². The van der Waals surface area contributed by atoms with Crippen LogP contribution in [-0.2, 0) is 6.42 Å². The Balaban J connectivity index is 1.81. The Bertz CT molecular complexity index is 974. The van der Waals surface area contributed by atoms with E-state index in [0.717, 1.165) is 28.9 Å². The number of hydrogen-bond donors (Lipinski definition) is 2. The van der Waals surface area contributed by atoms with E-state index in [-0.39, 0.29) is 13.2 Å². The number of pyridine rings is 1. The SMILES string of the molecule is Cc1cc(-c2nc(-c3ccc(OCC(O)CO)c(Br)c3)no2)cc(CC(C)C)n1. The van der Waals surface area contributed by atoms with Gasteiger partial charge in [-0.25, -0.2) is 0 Å². The lowest BCUT2D eigenvalue weighted by Crippen LogP contribution is -2.21. The number of rotatable bonds is 8. The van der Waals surface area contributed by atoms with Gasteiger partial charge < -0.3 is 19.5 Å². The molecule has 2 aromatic heterocycles. The van der Waals surface area contributed by atoms with Gasteiger partial charge in [0.2, 0.25) is 5.82 Å². The minimum atomic E-state index is -0.925. The van der Waals surface area contributed by atoms with Crippen LogP contribution < -0.4 is 4.74 Å². The zero-order chi connectivity index (χ0) is 21.0. The molecule has 0 spiro atoms. The molecular formula is C21H24BrN3O4. The molecule has 7 nitrogen and oxygen atoms in total. The van der Waals surface area contributed by atoms with Crippen molar-refractivity contribution in [2.24, 2.45) is 5.92 Å². The summed E-state index contributed by atoms with van der Waals surface area (Å²) in [6, 6.07) is 9.29. The molecule has 154 valence electrons. The number of aromatic nitrogens is 3.